The first-order valence-electron chi connectivity index (χ1n) is 12.1. The van der Waals surface area contributed by atoms with Gasteiger partial charge in [0.25, 0.3) is 5.92 Å². The Labute approximate surface area is 207 Å². The molecule has 10 heteroatoms. The molecule has 7 nitrogen and oxygen atoms in total. The van der Waals surface area contributed by atoms with Crippen LogP contribution in [-0.4, -0.2) is 54.2 Å². The van der Waals surface area contributed by atoms with Gasteiger partial charge in [-0.05, 0) is 49.6 Å². The van der Waals surface area contributed by atoms with Crippen LogP contribution in [-0.2, 0) is 13.1 Å². The number of hydrogen-bond acceptors (Lipinski definition) is 6. The molecule has 0 radical (unpaired) electrons. The van der Waals surface area contributed by atoms with Crippen LogP contribution in [0.3, 0.4) is 0 Å². The van der Waals surface area contributed by atoms with Gasteiger partial charge in [0.1, 0.15) is 18.0 Å². The molecule has 3 aromatic rings. The summed E-state index contributed by atoms with van der Waals surface area (Å²) >= 11 is 6.36. The normalized spacial score (nSPS) is 24.1. The zero-order valence-electron chi connectivity index (χ0n) is 19.5. The summed E-state index contributed by atoms with van der Waals surface area (Å²) in [6.45, 7) is 4.97. The van der Waals surface area contributed by atoms with Crippen molar-refractivity contribution in [3.8, 4) is 5.69 Å². The zero-order chi connectivity index (χ0) is 24.0. The number of rotatable bonds is 3. The van der Waals surface area contributed by atoms with Crippen LogP contribution in [0, 0.1) is 5.41 Å². The van der Waals surface area contributed by atoms with Gasteiger partial charge in [0.15, 0.2) is 5.82 Å². The quantitative estimate of drug-likeness (QED) is 0.527. The summed E-state index contributed by atoms with van der Waals surface area (Å²) in [5.74, 6) is 0.490. The van der Waals surface area contributed by atoms with Gasteiger partial charge in [-0.1, -0.05) is 11.6 Å². The van der Waals surface area contributed by atoms with Crippen molar-refractivity contribution >= 4 is 17.4 Å². The lowest BCUT2D eigenvalue weighted by molar-refractivity contribution is -0.173. The Kier molecular flexibility index (Phi) is 4.44. The Balaban J connectivity index is 1.16. The van der Waals surface area contributed by atoms with Crippen molar-refractivity contribution in [2.24, 2.45) is 5.41 Å². The summed E-state index contributed by atoms with van der Waals surface area (Å²) in [7, 11) is 0. The molecule has 1 aromatic carbocycles. The number of fused-ring (bicyclic) bond motifs is 3. The first-order chi connectivity index (χ1) is 16.7. The number of anilines is 1. The third-order valence-corrected chi connectivity index (χ3v) is 8.68. The largest absolute Gasteiger partial charge is 0.355 e. The smallest absolute Gasteiger partial charge is 0.251 e. The van der Waals surface area contributed by atoms with E-state index in [9.17, 15) is 8.78 Å². The summed E-state index contributed by atoms with van der Waals surface area (Å²) in [6.07, 6.45) is 5.22. The lowest BCUT2D eigenvalue weighted by Crippen LogP contribution is -2.62. The topological polar surface area (TPSA) is 63.0 Å². The predicted molar refractivity (Wildman–Crippen MR) is 127 cm³/mol. The Morgan fingerprint density at radius 1 is 1.06 bits per heavy atom. The molecule has 182 valence electrons. The molecule has 0 atom stereocenters. The summed E-state index contributed by atoms with van der Waals surface area (Å²) in [4.78, 5) is 12.8. The molecule has 4 heterocycles. The highest BCUT2D eigenvalue weighted by atomic mass is 35.5. The minimum absolute atomic E-state index is 0.134. The number of alkyl halides is 2. The lowest BCUT2D eigenvalue weighted by atomic mass is 9.57. The van der Waals surface area contributed by atoms with E-state index >= 15 is 0 Å². The number of aromatic nitrogens is 5. The Morgan fingerprint density at radius 3 is 2.57 bits per heavy atom. The molecule has 0 bridgehead atoms. The van der Waals surface area contributed by atoms with Crippen molar-refractivity contribution in [2.75, 3.05) is 18.0 Å². The molecule has 2 aromatic heterocycles. The molecule has 1 spiro atoms. The maximum Gasteiger partial charge on any atom is 0.251 e. The van der Waals surface area contributed by atoms with E-state index in [2.05, 4.69) is 34.5 Å². The second-order valence-electron chi connectivity index (χ2n) is 11.2. The van der Waals surface area contributed by atoms with Crippen molar-refractivity contribution in [3.05, 3.63) is 59.0 Å². The van der Waals surface area contributed by atoms with Crippen molar-refractivity contribution in [1.82, 2.24) is 29.6 Å². The predicted octanol–water partition coefficient (Wildman–Crippen LogP) is 4.60. The van der Waals surface area contributed by atoms with Crippen LogP contribution in [0.5, 0.6) is 0 Å². The Hall–Kier alpha value is -2.65. The minimum atomic E-state index is -2.60. The highest BCUT2D eigenvalue weighted by molar-refractivity contribution is 6.30. The number of benzene rings is 1. The Bertz CT molecular complexity index is 1290. The van der Waals surface area contributed by atoms with Gasteiger partial charge in [0.2, 0.25) is 0 Å². The summed E-state index contributed by atoms with van der Waals surface area (Å²) in [5, 5.41) is 9.87. The van der Waals surface area contributed by atoms with Crippen molar-refractivity contribution in [3.63, 3.8) is 0 Å². The lowest BCUT2D eigenvalue weighted by Gasteiger charge is -2.59. The SMILES string of the molecule is CC1(N2Cc3cc(Cl)ccc3-n3c(nnc3C3CC4(C3)CN(c3ccncn3)C4)C2)CC(F)(F)C1. The zero-order valence-corrected chi connectivity index (χ0v) is 20.2. The standard InChI is InChI=1S/C25H26ClF2N7/c1-23(11-25(27,28)12-23)34-9-16-6-18(26)2-3-19(16)35-21(10-34)31-32-22(35)17-7-24(8-17)13-33(14-24)20-4-5-29-15-30-20/h2-6,15,17H,7-14H2,1H3. The summed E-state index contributed by atoms with van der Waals surface area (Å²) in [5.41, 5.74) is 1.77. The molecular weight excluding hydrogens is 472 g/mol. The van der Waals surface area contributed by atoms with Gasteiger partial charge < -0.3 is 4.90 Å². The minimum Gasteiger partial charge on any atom is -0.355 e. The van der Waals surface area contributed by atoms with Crippen molar-refractivity contribution in [1.29, 1.82) is 0 Å². The Morgan fingerprint density at radius 2 is 1.86 bits per heavy atom. The maximum atomic E-state index is 13.9. The van der Waals surface area contributed by atoms with Gasteiger partial charge in [-0.2, -0.15) is 0 Å². The first kappa shape index (κ1) is 21.6. The van der Waals surface area contributed by atoms with Gasteiger partial charge in [-0.15, -0.1) is 10.2 Å². The average molecular weight is 498 g/mol. The first-order valence-corrected chi connectivity index (χ1v) is 12.5. The van der Waals surface area contributed by atoms with Crippen LogP contribution in [0.1, 0.15) is 55.7 Å². The highest BCUT2D eigenvalue weighted by Gasteiger charge is 2.57. The van der Waals surface area contributed by atoms with Crippen molar-refractivity contribution < 1.29 is 8.78 Å². The van der Waals surface area contributed by atoms with E-state index in [1.54, 1.807) is 12.5 Å². The molecule has 35 heavy (non-hydrogen) atoms. The molecule has 7 rings (SSSR count). The van der Waals surface area contributed by atoms with Gasteiger partial charge in [0.05, 0.1) is 12.2 Å². The van der Waals surface area contributed by atoms with E-state index in [0.717, 1.165) is 54.6 Å². The fourth-order valence-corrected chi connectivity index (χ4v) is 6.98. The van der Waals surface area contributed by atoms with Crippen LogP contribution in [0.4, 0.5) is 14.6 Å². The highest BCUT2D eigenvalue weighted by Crippen LogP contribution is 2.57. The second kappa shape index (κ2) is 7.20. The molecule has 3 fully saturated rings. The van der Waals surface area contributed by atoms with Gasteiger partial charge in [-0.25, -0.2) is 18.7 Å². The molecule has 2 aliphatic carbocycles. The molecule has 0 N–H and O–H groups in total. The van der Waals surface area contributed by atoms with Crippen LogP contribution in [0.2, 0.25) is 5.02 Å². The third-order valence-electron chi connectivity index (χ3n) is 8.44. The van der Waals surface area contributed by atoms with Crippen LogP contribution >= 0.6 is 11.6 Å². The van der Waals surface area contributed by atoms with Crippen molar-refractivity contribution in [2.45, 2.75) is 63.1 Å². The number of hydrogen-bond donors (Lipinski definition) is 0. The van der Waals surface area contributed by atoms with E-state index in [1.165, 1.54) is 0 Å². The fourth-order valence-electron chi connectivity index (χ4n) is 6.78. The van der Waals surface area contributed by atoms with E-state index < -0.39 is 11.5 Å². The van der Waals surface area contributed by atoms with Crippen LogP contribution < -0.4 is 4.90 Å². The van der Waals surface area contributed by atoms with Crippen LogP contribution in [0.15, 0.2) is 36.8 Å². The molecular formula is C25H26ClF2N7. The van der Waals surface area contributed by atoms with Gasteiger partial charge >= 0.3 is 0 Å². The van der Waals surface area contributed by atoms with E-state index in [1.807, 2.05) is 31.2 Å². The molecule has 2 aliphatic heterocycles. The summed E-state index contributed by atoms with van der Waals surface area (Å²) < 4.78 is 29.9. The molecule has 1 saturated heterocycles. The molecule has 0 amide bonds. The fraction of sp³-hybridized carbons (Fsp3) is 0.520. The van der Waals surface area contributed by atoms with E-state index in [4.69, 9.17) is 11.6 Å². The number of nitrogens with zero attached hydrogens (tertiary/aromatic N) is 7. The number of halogens is 3. The third kappa shape index (κ3) is 3.38. The molecule has 0 unspecified atom stereocenters. The van der Waals surface area contributed by atoms with Crippen LogP contribution in [0.25, 0.3) is 5.69 Å². The molecule has 4 aliphatic rings. The van der Waals surface area contributed by atoms with Gasteiger partial charge in [-0.3, -0.25) is 9.47 Å². The summed E-state index contributed by atoms with van der Waals surface area (Å²) in [6, 6.07) is 7.81. The van der Waals surface area contributed by atoms with Gasteiger partial charge in [0, 0.05) is 60.6 Å². The second-order valence-corrected chi connectivity index (χ2v) is 11.6. The van der Waals surface area contributed by atoms with E-state index in [-0.39, 0.29) is 12.8 Å². The maximum absolute atomic E-state index is 13.9. The monoisotopic (exact) mass is 497 g/mol. The van der Waals surface area contributed by atoms with E-state index in [0.29, 0.717) is 29.4 Å². The molecule has 2 saturated carbocycles. The average Bonchev–Trinajstić information content (AvgIpc) is 3.06.